The molecular weight excluding hydrogens is 390 g/mol. The summed E-state index contributed by atoms with van der Waals surface area (Å²) in [6, 6.07) is 11.1. The van der Waals surface area contributed by atoms with Crippen molar-refractivity contribution in [3.63, 3.8) is 0 Å². The summed E-state index contributed by atoms with van der Waals surface area (Å²) >= 11 is 0. The first-order valence-electron chi connectivity index (χ1n) is 9.45. The molecule has 3 rings (SSSR count). The van der Waals surface area contributed by atoms with Crippen molar-refractivity contribution in [1.82, 2.24) is 19.7 Å². The third kappa shape index (κ3) is 5.85. The lowest BCUT2D eigenvalue weighted by atomic mass is 9.98. The van der Waals surface area contributed by atoms with Crippen LogP contribution in [-0.2, 0) is 14.8 Å². The Labute approximate surface area is 171 Å². The normalized spacial score (nSPS) is 16.1. The molecule has 1 amide bonds. The van der Waals surface area contributed by atoms with E-state index in [1.165, 1.54) is 9.71 Å². The van der Waals surface area contributed by atoms with Gasteiger partial charge in [0.15, 0.2) is 0 Å². The van der Waals surface area contributed by atoms with Crippen LogP contribution < -0.4 is 10.9 Å². The third-order valence-corrected chi connectivity index (χ3v) is 6.26. The van der Waals surface area contributed by atoms with Gasteiger partial charge in [-0.3, -0.25) is 15.6 Å². The lowest BCUT2D eigenvalue weighted by molar-refractivity contribution is -0.125. The van der Waals surface area contributed by atoms with Crippen LogP contribution in [0.15, 0.2) is 41.8 Å². The van der Waals surface area contributed by atoms with Crippen molar-refractivity contribution in [3.8, 4) is 0 Å². The Bertz CT molecular complexity index is 964. The number of rotatable bonds is 6. The number of nitrogens with one attached hydrogen (secondary N) is 2. The monoisotopic (exact) mass is 415 g/mol. The molecule has 0 bridgehead atoms. The Kier molecular flexibility index (Phi) is 6.60. The van der Waals surface area contributed by atoms with E-state index in [-0.39, 0.29) is 11.8 Å². The smallest absolute Gasteiger partial charge is 0.242 e. The highest BCUT2D eigenvalue weighted by molar-refractivity contribution is 7.92. The summed E-state index contributed by atoms with van der Waals surface area (Å²) in [4.78, 5) is 20.8. The predicted octanol–water partition coefficient (Wildman–Crippen LogP) is 2.25. The molecule has 2 heterocycles. The number of nitrogens with zero attached hydrogens (tertiary/aromatic N) is 3. The molecule has 2 N–H and O–H groups in total. The van der Waals surface area contributed by atoms with E-state index in [2.05, 4.69) is 20.8 Å². The van der Waals surface area contributed by atoms with Crippen LogP contribution in [0.3, 0.4) is 0 Å². The molecule has 0 atom stereocenters. The minimum absolute atomic E-state index is 0.190. The summed E-state index contributed by atoms with van der Waals surface area (Å²) in [5, 5.41) is 1.22. The molecule has 1 aromatic heterocycles. The first-order valence-corrected chi connectivity index (χ1v) is 11.0. The summed E-state index contributed by atoms with van der Waals surface area (Å²) in [6.07, 6.45) is 2.50. The zero-order chi connectivity index (χ0) is 20.9. The third-order valence-electron chi connectivity index (χ3n) is 4.70. The van der Waals surface area contributed by atoms with Gasteiger partial charge < -0.3 is 0 Å². The van der Waals surface area contributed by atoms with Crippen LogP contribution in [0, 0.1) is 19.8 Å². The average Bonchev–Trinajstić information content (AvgIpc) is 2.71. The predicted molar refractivity (Wildman–Crippen MR) is 112 cm³/mol. The van der Waals surface area contributed by atoms with Gasteiger partial charge in [-0.05, 0) is 44.4 Å². The van der Waals surface area contributed by atoms with E-state index in [1.807, 2.05) is 50.2 Å². The van der Waals surface area contributed by atoms with Gasteiger partial charge >= 0.3 is 0 Å². The molecule has 1 aromatic carbocycles. The number of sulfonamides is 1. The molecule has 0 unspecified atom stereocenters. The van der Waals surface area contributed by atoms with Crippen molar-refractivity contribution >= 4 is 28.0 Å². The number of anilines is 1. The van der Waals surface area contributed by atoms with Gasteiger partial charge in [-0.2, -0.15) is 4.31 Å². The fourth-order valence-electron chi connectivity index (χ4n) is 3.19. The van der Waals surface area contributed by atoms with Crippen LogP contribution in [0.25, 0.3) is 6.08 Å². The number of amides is 1. The molecule has 154 valence electrons. The van der Waals surface area contributed by atoms with Crippen LogP contribution in [0.4, 0.5) is 5.95 Å². The Hall–Kier alpha value is -2.78. The van der Waals surface area contributed by atoms with Crippen LogP contribution in [0.5, 0.6) is 0 Å². The molecule has 1 aliphatic heterocycles. The number of piperidine rings is 1. The van der Waals surface area contributed by atoms with E-state index in [4.69, 9.17) is 0 Å². The molecule has 29 heavy (non-hydrogen) atoms. The lowest BCUT2D eigenvalue weighted by Crippen LogP contribution is -2.43. The van der Waals surface area contributed by atoms with Gasteiger partial charge in [0.25, 0.3) is 0 Å². The SMILES string of the molecule is Cc1cc(C)nc(NNC(=O)C2CCN(S(=O)(=O)C=Cc3ccccc3)CC2)n1. The van der Waals surface area contributed by atoms with Crippen LogP contribution in [0.1, 0.15) is 29.8 Å². The summed E-state index contributed by atoms with van der Waals surface area (Å²) in [5.41, 5.74) is 7.79. The van der Waals surface area contributed by atoms with Crippen molar-refractivity contribution < 1.29 is 13.2 Å². The second-order valence-corrected chi connectivity index (χ2v) is 8.84. The number of aromatic nitrogens is 2. The molecule has 0 saturated carbocycles. The molecule has 8 nitrogen and oxygen atoms in total. The van der Waals surface area contributed by atoms with Gasteiger partial charge in [0.1, 0.15) is 0 Å². The van der Waals surface area contributed by atoms with Gasteiger partial charge in [-0.1, -0.05) is 30.3 Å². The fraction of sp³-hybridized carbons (Fsp3) is 0.350. The molecule has 0 spiro atoms. The zero-order valence-corrected chi connectivity index (χ0v) is 17.3. The maximum absolute atomic E-state index is 12.5. The molecule has 9 heteroatoms. The number of hydrogen-bond acceptors (Lipinski definition) is 6. The Morgan fingerprint density at radius 3 is 2.34 bits per heavy atom. The minimum atomic E-state index is -3.51. The number of carbonyl (C=O) groups excluding carboxylic acids is 1. The fourth-order valence-corrected chi connectivity index (χ4v) is 4.41. The van der Waals surface area contributed by atoms with Gasteiger partial charge in [-0.25, -0.2) is 18.4 Å². The van der Waals surface area contributed by atoms with Crippen molar-refractivity contribution in [2.24, 2.45) is 5.92 Å². The number of hydrazine groups is 1. The van der Waals surface area contributed by atoms with Gasteiger partial charge in [0.2, 0.25) is 21.9 Å². The number of hydrogen-bond donors (Lipinski definition) is 2. The summed E-state index contributed by atoms with van der Waals surface area (Å²) < 4.78 is 26.5. The van der Waals surface area contributed by atoms with E-state index >= 15 is 0 Å². The molecule has 1 aliphatic rings. The van der Waals surface area contributed by atoms with Crippen LogP contribution >= 0.6 is 0 Å². The second kappa shape index (κ2) is 9.15. The van der Waals surface area contributed by atoms with Crippen LogP contribution in [0.2, 0.25) is 0 Å². The molecular formula is C20H25N5O3S. The van der Waals surface area contributed by atoms with Crippen molar-refractivity contribution in [1.29, 1.82) is 0 Å². The lowest BCUT2D eigenvalue weighted by Gasteiger charge is -2.29. The Morgan fingerprint density at radius 1 is 1.10 bits per heavy atom. The van der Waals surface area contributed by atoms with Crippen molar-refractivity contribution in [2.75, 3.05) is 18.5 Å². The largest absolute Gasteiger partial charge is 0.273 e. The zero-order valence-electron chi connectivity index (χ0n) is 16.5. The van der Waals surface area contributed by atoms with Crippen molar-refractivity contribution in [2.45, 2.75) is 26.7 Å². The van der Waals surface area contributed by atoms with E-state index in [1.54, 1.807) is 6.08 Å². The second-order valence-electron chi connectivity index (χ2n) is 7.02. The maximum Gasteiger partial charge on any atom is 0.242 e. The minimum Gasteiger partial charge on any atom is -0.273 e. The van der Waals surface area contributed by atoms with E-state index in [0.29, 0.717) is 31.9 Å². The molecule has 0 radical (unpaired) electrons. The summed E-state index contributed by atoms with van der Waals surface area (Å²) in [7, 11) is -3.51. The molecule has 0 aliphatic carbocycles. The standard InChI is InChI=1S/C20H25N5O3S/c1-15-14-16(2)22-20(21-15)24-23-19(26)18-8-11-25(12-9-18)29(27,28)13-10-17-6-4-3-5-7-17/h3-7,10,13-14,18H,8-9,11-12H2,1-2H3,(H,23,26)(H,21,22,24). The topological polar surface area (TPSA) is 104 Å². The highest BCUT2D eigenvalue weighted by Gasteiger charge is 2.30. The highest BCUT2D eigenvalue weighted by Crippen LogP contribution is 2.21. The molecule has 1 fully saturated rings. The maximum atomic E-state index is 12.5. The summed E-state index contributed by atoms with van der Waals surface area (Å²) in [5.74, 6) is -0.121. The first-order chi connectivity index (χ1) is 13.8. The van der Waals surface area contributed by atoms with E-state index in [0.717, 1.165) is 17.0 Å². The van der Waals surface area contributed by atoms with Crippen molar-refractivity contribution in [3.05, 3.63) is 58.8 Å². The van der Waals surface area contributed by atoms with Gasteiger partial charge in [0, 0.05) is 35.8 Å². The van der Waals surface area contributed by atoms with Gasteiger partial charge in [0.05, 0.1) is 0 Å². The van der Waals surface area contributed by atoms with E-state index < -0.39 is 10.0 Å². The van der Waals surface area contributed by atoms with Crippen LogP contribution in [-0.4, -0.2) is 41.7 Å². The highest BCUT2D eigenvalue weighted by atomic mass is 32.2. The Morgan fingerprint density at radius 2 is 1.72 bits per heavy atom. The molecule has 1 saturated heterocycles. The number of carbonyl (C=O) groups is 1. The quantitative estimate of drug-likeness (QED) is 0.701. The first kappa shape index (κ1) is 20.9. The number of benzene rings is 1. The van der Waals surface area contributed by atoms with E-state index in [9.17, 15) is 13.2 Å². The Balaban J connectivity index is 1.51. The van der Waals surface area contributed by atoms with Gasteiger partial charge in [-0.15, -0.1) is 0 Å². The average molecular weight is 416 g/mol. The number of aryl methyl sites for hydroxylation is 2. The molecule has 2 aromatic rings. The summed E-state index contributed by atoms with van der Waals surface area (Å²) in [6.45, 7) is 4.31.